The van der Waals surface area contributed by atoms with Crippen molar-refractivity contribution in [1.29, 1.82) is 0 Å². The lowest BCUT2D eigenvalue weighted by Crippen LogP contribution is -1.91. The molecule has 0 saturated heterocycles. The third-order valence-electron chi connectivity index (χ3n) is 2.61. The smallest absolute Gasteiger partial charge is 0.198 e. The first-order chi connectivity index (χ1) is 8.15. The van der Waals surface area contributed by atoms with E-state index in [4.69, 9.17) is 10.5 Å². The van der Waals surface area contributed by atoms with Crippen molar-refractivity contribution in [2.75, 3.05) is 12.8 Å². The zero-order chi connectivity index (χ0) is 12.4. The van der Waals surface area contributed by atoms with Crippen LogP contribution in [-0.4, -0.2) is 17.1 Å². The van der Waals surface area contributed by atoms with Gasteiger partial charge in [0, 0.05) is 5.56 Å². The Morgan fingerprint density at radius 2 is 2.24 bits per heavy atom. The van der Waals surface area contributed by atoms with Crippen molar-refractivity contribution in [3.8, 4) is 17.0 Å². The van der Waals surface area contributed by atoms with Crippen LogP contribution in [0.5, 0.6) is 5.75 Å². The Morgan fingerprint density at radius 3 is 2.76 bits per heavy atom. The number of aryl methyl sites for hydroxylation is 1. The minimum atomic E-state index is 0.403. The largest absolute Gasteiger partial charge is 0.496 e. The molecule has 1 aromatic heterocycles. The summed E-state index contributed by atoms with van der Waals surface area (Å²) in [5.41, 5.74) is 8.61. The van der Waals surface area contributed by atoms with Gasteiger partial charge >= 0.3 is 0 Å². The number of nitrogens with zero attached hydrogens (tertiary/aromatic N) is 1. The molecule has 1 aromatic carbocycles. The van der Waals surface area contributed by atoms with Crippen LogP contribution in [0.25, 0.3) is 11.3 Å². The van der Waals surface area contributed by atoms with Crippen LogP contribution in [-0.2, 0) is 6.42 Å². The second-order valence-corrected chi connectivity index (χ2v) is 4.46. The number of rotatable bonds is 3. The maximum atomic E-state index is 5.62. The number of imidazole rings is 1. The molecular weight excluding hydrogens is 282 g/mol. The van der Waals surface area contributed by atoms with Crippen LogP contribution in [0.2, 0.25) is 0 Å². The maximum Gasteiger partial charge on any atom is 0.198 e. The van der Waals surface area contributed by atoms with Crippen LogP contribution in [0.3, 0.4) is 0 Å². The third kappa shape index (κ3) is 2.29. The monoisotopic (exact) mass is 295 g/mol. The molecule has 1 heterocycles. The quantitative estimate of drug-likeness (QED) is 0.915. The minimum Gasteiger partial charge on any atom is -0.496 e. The summed E-state index contributed by atoms with van der Waals surface area (Å²) in [5.74, 6) is 1.30. The SMILES string of the molecule is CCc1cc(-c2nc(N)[nH]c2Br)ccc1OC. The Labute approximate surface area is 108 Å². The first-order valence-electron chi connectivity index (χ1n) is 5.34. The zero-order valence-electron chi connectivity index (χ0n) is 9.75. The fraction of sp³-hybridized carbons (Fsp3) is 0.250. The lowest BCUT2D eigenvalue weighted by atomic mass is 10.1. The predicted octanol–water partition coefficient (Wildman–Crippen LogP) is 2.99. The highest BCUT2D eigenvalue weighted by atomic mass is 79.9. The second-order valence-electron chi connectivity index (χ2n) is 3.66. The fourth-order valence-electron chi connectivity index (χ4n) is 1.76. The molecule has 4 nitrogen and oxygen atoms in total. The number of aromatic amines is 1. The number of methoxy groups -OCH3 is 1. The Balaban J connectivity index is 2.50. The summed E-state index contributed by atoms with van der Waals surface area (Å²) in [6.07, 6.45) is 0.911. The van der Waals surface area contributed by atoms with E-state index < -0.39 is 0 Å². The molecule has 0 saturated carbocycles. The number of halogens is 1. The van der Waals surface area contributed by atoms with E-state index in [-0.39, 0.29) is 0 Å². The Kier molecular flexibility index (Phi) is 3.38. The van der Waals surface area contributed by atoms with Gasteiger partial charge in [0.2, 0.25) is 0 Å². The Hall–Kier alpha value is -1.49. The average molecular weight is 296 g/mol. The summed E-state index contributed by atoms with van der Waals surface area (Å²) in [6.45, 7) is 2.09. The van der Waals surface area contributed by atoms with Gasteiger partial charge in [-0.25, -0.2) is 4.98 Å². The summed E-state index contributed by atoms with van der Waals surface area (Å²) in [6, 6.07) is 5.99. The van der Waals surface area contributed by atoms with Crippen LogP contribution in [0.15, 0.2) is 22.8 Å². The van der Waals surface area contributed by atoms with Crippen LogP contribution >= 0.6 is 15.9 Å². The van der Waals surface area contributed by atoms with Gasteiger partial charge in [-0.1, -0.05) is 6.92 Å². The van der Waals surface area contributed by atoms with Crippen molar-refractivity contribution in [1.82, 2.24) is 9.97 Å². The van der Waals surface area contributed by atoms with E-state index >= 15 is 0 Å². The molecule has 0 aliphatic carbocycles. The van der Waals surface area contributed by atoms with Gasteiger partial charge in [0.25, 0.3) is 0 Å². The number of H-pyrrole nitrogens is 1. The molecule has 0 fully saturated rings. The predicted molar refractivity (Wildman–Crippen MR) is 72.1 cm³/mol. The van der Waals surface area contributed by atoms with E-state index in [0.29, 0.717) is 5.95 Å². The van der Waals surface area contributed by atoms with Crippen molar-refractivity contribution < 1.29 is 4.74 Å². The van der Waals surface area contributed by atoms with Gasteiger partial charge in [0.15, 0.2) is 5.95 Å². The van der Waals surface area contributed by atoms with Gasteiger partial charge in [-0.05, 0) is 46.1 Å². The number of benzene rings is 1. The molecule has 5 heteroatoms. The molecular formula is C12H14BrN3O. The van der Waals surface area contributed by atoms with Crippen molar-refractivity contribution in [2.24, 2.45) is 0 Å². The first-order valence-corrected chi connectivity index (χ1v) is 6.13. The molecule has 2 aromatic rings. The van der Waals surface area contributed by atoms with Gasteiger partial charge in [-0.2, -0.15) is 0 Å². The van der Waals surface area contributed by atoms with E-state index in [2.05, 4.69) is 38.9 Å². The molecule has 90 valence electrons. The van der Waals surface area contributed by atoms with Crippen molar-refractivity contribution in [2.45, 2.75) is 13.3 Å². The van der Waals surface area contributed by atoms with Gasteiger partial charge in [-0.15, -0.1) is 0 Å². The van der Waals surface area contributed by atoms with Gasteiger partial charge in [0.05, 0.1) is 7.11 Å². The van der Waals surface area contributed by atoms with E-state index in [1.54, 1.807) is 7.11 Å². The van der Waals surface area contributed by atoms with Crippen LogP contribution < -0.4 is 10.5 Å². The standard InChI is InChI=1S/C12H14BrN3O/c1-3-7-6-8(4-5-9(7)17-2)10-11(13)16-12(14)15-10/h4-6H,3H2,1-2H3,(H3,14,15,16). The normalized spacial score (nSPS) is 10.5. The van der Waals surface area contributed by atoms with Gasteiger partial charge in [0.1, 0.15) is 16.0 Å². The van der Waals surface area contributed by atoms with Crippen LogP contribution in [0.1, 0.15) is 12.5 Å². The summed E-state index contributed by atoms with van der Waals surface area (Å²) < 4.78 is 6.09. The molecule has 2 rings (SSSR count). The van der Waals surface area contributed by atoms with Crippen molar-refractivity contribution in [3.63, 3.8) is 0 Å². The number of hydrogen-bond donors (Lipinski definition) is 2. The molecule has 0 radical (unpaired) electrons. The number of nitrogen functional groups attached to an aromatic ring is 1. The molecule has 0 aliphatic heterocycles. The van der Waals surface area contributed by atoms with Crippen LogP contribution in [0, 0.1) is 0 Å². The highest BCUT2D eigenvalue weighted by molar-refractivity contribution is 9.10. The lowest BCUT2D eigenvalue weighted by molar-refractivity contribution is 0.410. The number of hydrogen-bond acceptors (Lipinski definition) is 3. The first kappa shape index (κ1) is 12.0. The topological polar surface area (TPSA) is 63.9 Å². The van der Waals surface area contributed by atoms with E-state index in [9.17, 15) is 0 Å². The third-order valence-corrected chi connectivity index (χ3v) is 3.19. The second kappa shape index (κ2) is 4.79. The van der Waals surface area contributed by atoms with Gasteiger partial charge in [-0.3, -0.25) is 0 Å². The molecule has 0 amide bonds. The molecule has 0 bridgehead atoms. The Bertz CT molecular complexity index is 537. The molecule has 0 spiro atoms. The maximum absolute atomic E-state index is 5.62. The minimum absolute atomic E-state index is 0.403. The zero-order valence-corrected chi connectivity index (χ0v) is 11.3. The van der Waals surface area contributed by atoms with E-state index in [0.717, 1.165) is 33.6 Å². The number of anilines is 1. The van der Waals surface area contributed by atoms with Gasteiger partial charge < -0.3 is 15.5 Å². The molecule has 0 atom stereocenters. The molecule has 0 unspecified atom stereocenters. The van der Waals surface area contributed by atoms with Crippen molar-refractivity contribution in [3.05, 3.63) is 28.4 Å². The summed E-state index contributed by atoms with van der Waals surface area (Å²) >= 11 is 3.41. The highest BCUT2D eigenvalue weighted by Crippen LogP contribution is 2.30. The molecule has 3 N–H and O–H groups in total. The number of aromatic nitrogens is 2. The molecule has 17 heavy (non-hydrogen) atoms. The summed E-state index contributed by atoms with van der Waals surface area (Å²) in [7, 11) is 1.68. The fourth-order valence-corrected chi connectivity index (χ4v) is 2.28. The Morgan fingerprint density at radius 1 is 1.47 bits per heavy atom. The summed E-state index contributed by atoms with van der Waals surface area (Å²) in [5, 5.41) is 0. The highest BCUT2D eigenvalue weighted by Gasteiger charge is 2.10. The lowest BCUT2D eigenvalue weighted by Gasteiger charge is -2.08. The summed E-state index contributed by atoms with van der Waals surface area (Å²) in [4.78, 5) is 7.17. The van der Waals surface area contributed by atoms with E-state index in [1.165, 1.54) is 0 Å². The van der Waals surface area contributed by atoms with Crippen LogP contribution in [0.4, 0.5) is 5.95 Å². The molecule has 0 aliphatic rings. The van der Waals surface area contributed by atoms with Crippen molar-refractivity contribution >= 4 is 21.9 Å². The average Bonchev–Trinajstić information content (AvgIpc) is 2.67. The number of nitrogens with one attached hydrogen (secondary N) is 1. The number of nitrogens with two attached hydrogens (primary N) is 1. The van der Waals surface area contributed by atoms with E-state index in [1.807, 2.05) is 12.1 Å². The number of ether oxygens (including phenoxy) is 1.